The van der Waals surface area contributed by atoms with Crippen LogP contribution in [0.2, 0.25) is 0 Å². The minimum Gasteiger partial charge on any atom is -0.387 e. The average molecular weight is 385 g/mol. The van der Waals surface area contributed by atoms with Crippen LogP contribution >= 0.6 is 31.9 Å². The third-order valence-corrected chi connectivity index (χ3v) is 4.25. The van der Waals surface area contributed by atoms with Crippen LogP contribution < -0.4 is 5.32 Å². The number of aryl methyl sites for hydroxylation is 1. The molecule has 1 unspecified atom stereocenters. The maximum Gasteiger partial charge on any atom is 0.0962 e. The lowest BCUT2D eigenvalue weighted by Gasteiger charge is -2.14. The minimum absolute atomic E-state index is 0.478. The van der Waals surface area contributed by atoms with E-state index >= 15 is 0 Å². The Morgan fingerprint density at radius 3 is 2.63 bits per heavy atom. The summed E-state index contributed by atoms with van der Waals surface area (Å²) in [7, 11) is 0. The molecule has 2 N–H and O–H groups in total. The van der Waals surface area contributed by atoms with Crippen molar-refractivity contribution in [3.05, 3.63) is 62.5 Å². The second kappa shape index (κ2) is 6.55. The summed E-state index contributed by atoms with van der Waals surface area (Å²) in [5.74, 6) is 0. The van der Waals surface area contributed by atoms with Crippen LogP contribution in [0, 0.1) is 6.92 Å². The summed E-state index contributed by atoms with van der Waals surface area (Å²) >= 11 is 6.91. The highest BCUT2D eigenvalue weighted by Crippen LogP contribution is 2.22. The van der Waals surface area contributed by atoms with Crippen LogP contribution in [0.15, 0.2) is 51.4 Å². The third kappa shape index (κ3) is 4.06. The van der Waals surface area contributed by atoms with Crippen molar-refractivity contribution in [3.8, 4) is 0 Å². The predicted octanol–water partition coefficient (Wildman–Crippen LogP) is 4.67. The zero-order valence-corrected chi connectivity index (χ0v) is 13.7. The van der Waals surface area contributed by atoms with Gasteiger partial charge in [0, 0.05) is 21.2 Å². The van der Waals surface area contributed by atoms with Gasteiger partial charge in [-0.25, -0.2) is 0 Å². The Morgan fingerprint density at radius 1 is 1.16 bits per heavy atom. The van der Waals surface area contributed by atoms with Crippen molar-refractivity contribution >= 4 is 37.5 Å². The minimum atomic E-state index is -0.530. The Labute approximate surface area is 130 Å². The molecule has 0 radical (unpaired) electrons. The summed E-state index contributed by atoms with van der Waals surface area (Å²) in [6.45, 7) is 2.52. The summed E-state index contributed by atoms with van der Waals surface area (Å²) in [5, 5.41) is 13.4. The Balaban J connectivity index is 2.00. The van der Waals surface area contributed by atoms with E-state index in [2.05, 4.69) is 37.2 Å². The lowest BCUT2D eigenvalue weighted by atomic mass is 10.1. The van der Waals surface area contributed by atoms with Gasteiger partial charge in [0.25, 0.3) is 0 Å². The largest absolute Gasteiger partial charge is 0.387 e. The van der Waals surface area contributed by atoms with Crippen LogP contribution in [0.1, 0.15) is 17.2 Å². The summed E-state index contributed by atoms with van der Waals surface area (Å²) in [6, 6.07) is 13.8. The number of hydrogen-bond donors (Lipinski definition) is 2. The standard InChI is InChI=1S/C15H15Br2NO/c1-10-5-6-13(8-14(10)17)18-9-15(19)11-3-2-4-12(16)7-11/h2-8,15,18-19H,9H2,1H3. The maximum absolute atomic E-state index is 10.1. The van der Waals surface area contributed by atoms with Crippen molar-refractivity contribution in [1.82, 2.24) is 0 Å². The molecule has 0 amide bonds. The van der Waals surface area contributed by atoms with Crippen LogP contribution in [-0.2, 0) is 0 Å². The van der Waals surface area contributed by atoms with E-state index in [-0.39, 0.29) is 0 Å². The molecule has 19 heavy (non-hydrogen) atoms. The second-order valence-corrected chi connectivity index (χ2v) is 6.19. The van der Waals surface area contributed by atoms with Gasteiger partial charge in [-0.3, -0.25) is 0 Å². The number of hydrogen-bond acceptors (Lipinski definition) is 2. The summed E-state index contributed by atoms with van der Waals surface area (Å²) in [5.41, 5.74) is 3.08. The lowest BCUT2D eigenvalue weighted by Crippen LogP contribution is -2.12. The first kappa shape index (κ1) is 14.6. The maximum atomic E-state index is 10.1. The highest BCUT2D eigenvalue weighted by Gasteiger charge is 2.07. The van der Waals surface area contributed by atoms with Gasteiger partial charge in [0.2, 0.25) is 0 Å². The molecule has 0 heterocycles. The number of rotatable bonds is 4. The molecule has 2 aromatic carbocycles. The van der Waals surface area contributed by atoms with Crippen LogP contribution in [0.3, 0.4) is 0 Å². The molecule has 100 valence electrons. The van der Waals surface area contributed by atoms with Gasteiger partial charge in [-0.1, -0.05) is 50.1 Å². The molecular weight excluding hydrogens is 370 g/mol. The van der Waals surface area contributed by atoms with Gasteiger partial charge in [-0.15, -0.1) is 0 Å². The molecule has 0 spiro atoms. The van der Waals surface area contributed by atoms with Gasteiger partial charge in [0.15, 0.2) is 0 Å². The molecule has 0 fully saturated rings. The average Bonchev–Trinajstić information content (AvgIpc) is 2.40. The SMILES string of the molecule is Cc1ccc(NCC(O)c2cccc(Br)c2)cc1Br. The molecule has 0 saturated carbocycles. The Kier molecular flexibility index (Phi) is 5.02. The number of anilines is 1. The predicted molar refractivity (Wildman–Crippen MR) is 86.5 cm³/mol. The summed E-state index contributed by atoms with van der Waals surface area (Å²) < 4.78 is 2.04. The van der Waals surface area contributed by atoms with E-state index in [4.69, 9.17) is 0 Å². The van der Waals surface area contributed by atoms with E-state index in [0.29, 0.717) is 6.54 Å². The van der Waals surface area contributed by atoms with Crippen LogP contribution in [0.4, 0.5) is 5.69 Å². The molecule has 4 heteroatoms. The monoisotopic (exact) mass is 383 g/mol. The molecule has 0 aliphatic heterocycles. The molecule has 0 aliphatic carbocycles. The fourth-order valence-electron chi connectivity index (χ4n) is 1.75. The smallest absolute Gasteiger partial charge is 0.0962 e. The normalized spacial score (nSPS) is 12.2. The second-order valence-electron chi connectivity index (χ2n) is 4.42. The Bertz CT molecular complexity index is 572. The van der Waals surface area contributed by atoms with Crippen LogP contribution in [0.5, 0.6) is 0 Å². The number of halogens is 2. The van der Waals surface area contributed by atoms with Crippen molar-refractivity contribution in [1.29, 1.82) is 0 Å². The molecule has 2 rings (SSSR count). The van der Waals surface area contributed by atoms with Gasteiger partial charge in [0.1, 0.15) is 0 Å². The van der Waals surface area contributed by atoms with Crippen molar-refractivity contribution in [2.75, 3.05) is 11.9 Å². The van der Waals surface area contributed by atoms with Crippen molar-refractivity contribution in [2.24, 2.45) is 0 Å². The first-order valence-corrected chi connectivity index (χ1v) is 7.58. The van der Waals surface area contributed by atoms with Gasteiger partial charge in [-0.2, -0.15) is 0 Å². The molecule has 0 saturated heterocycles. The van der Waals surface area contributed by atoms with E-state index in [1.165, 1.54) is 5.56 Å². The third-order valence-electron chi connectivity index (χ3n) is 2.90. The zero-order chi connectivity index (χ0) is 13.8. The molecule has 2 aromatic rings. The quantitative estimate of drug-likeness (QED) is 0.802. The highest BCUT2D eigenvalue weighted by atomic mass is 79.9. The van der Waals surface area contributed by atoms with E-state index < -0.39 is 6.10 Å². The van der Waals surface area contributed by atoms with Crippen LogP contribution in [0.25, 0.3) is 0 Å². The van der Waals surface area contributed by atoms with E-state index in [0.717, 1.165) is 20.2 Å². The number of benzene rings is 2. The molecule has 0 bridgehead atoms. The van der Waals surface area contributed by atoms with Crippen molar-refractivity contribution in [2.45, 2.75) is 13.0 Å². The van der Waals surface area contributed by atoms with E-state index in [1.807, 2.05) is 49.4 Å². The Hall–Kier alpha value is -0.840. The molecule has 2 nitrogen and oxygen atoms in total. The summed E-state index contributed by atoms with van der Waals surface area (Å²) in [6.07, 6.45) is -0.530. The fraction of sp³-hybridized carbons (Fsp3) is 0.200. The van der Waals surface area contributed by atoms with Gasteiger partial charge < -0.3 is 10.4 Å². The number of aliphatic hydroxyl groups is 1. The zero-order valence-electron chi connectivity index (χ0n) is 10.5. The van der Waals surface area contributed by atoms with Gasteiger partial charge in [0.05, 0.1) is 6.10 Å². The first-order chi connectivity index (χ1) is 9.06. The highest BCUT2D eigenvalue weighted by molar-refractivity contribution is 9.10. The first-order valence-electron chi connectivity index (χ1n) is 6.00. The molecular formula is C15H15Br2NO. The summed E-state index contributed by atoms with van der Waals surface area (Å²) in [4.78, 5) is 0. The van der Waals surface area contributed by atoms with E-state index in [9.17, 15) is 5.11 Å². The van der Waals surface area contributed by atoms with Crippen LogP contribution in [-0.4, -0.2) is 11.7 Å². The fourth-order valence-corrected chi connectivity index (χ4v) is 2.54. The number of nitrogens with one attached hydrogen (secondary N) is 1. The molecule has 1 atom stereocenters. The number of aliphatic hydroxyl groups excluding tert-OH is 1. The Morgan fingerprint density at radius 2 is 1.95 bits per heavy atom. The van der Waals surface area contributed by atoms with Crippen molar-refractivity contribution < 1.29 is 5.11 Å². The van der Waals surface area contributed by atoms with Gasteiger partial charge in [-0.05, 0) is 42.3 Å². The van der Waals surface area contributed by atoms with E-state index in [1.54, 1.807) is 0 Å². The molecule has 0 aliphatic rings. The topological polar surface area (TPSA) is 32.3 Å². The lowest BCUT2D eigenvalue weighted by molar-refractivity contribution is 0.191. The van der Waals surface area contributed by atoms with Crippen molar-refractivity contribution in [3.63, 3.8) is 0 Å². The van der Waals surface area contributed by atoms with Gasteiger partial charge >= 0.3 is 0 Å². The molecule has 0 aromatic heterocycles.